The summed E-state index contributed by atoms with van der Waals surface area (Å²) in [6, 6.07) is 16.2. The zero-order valence-electron chi connectivity index (χ0n) is 20.0. The molecule has 0 bridgehead atoms. The van der Waals surface area contributed by atoms with Crippen LogP contribution in [-0.4, -0.2) is 45.8 Å². The number of ether oxygens (including phenoxy) is 1. The molecule has 2 aromatic carbocycles. The molecule has 1 fully saturated rings. The molecular weight excluding hydrogens is 532 g/mol. The number of rotatable bonds is 6. The van der Waals surface area contributed by atoms with Gasteiger partial charge in [0.05, 0.1) is 33.2 Å². The first-order chi connectivity index (χ1) is 18.4. The maximum Gasteiger partial charge on any atom is 0.272 e. The van der Waals surface area contributed by atoms with Crippen LogP contribution < -0.4 is 10.6 Å². The summed E-state index contributed by atoms with van der Waals surface area (Å²) in [7, 11) is 0. The van der Waals surface area contributed by atoms with Crippen LogP contribution in [0.4, 0.5) is 10.2 Å². The first-order valence-corrected chi connectivity index (χ1v) is 12.6. The molecule has 3 heterocycles. The topological polar surface area (TPSA) is 98.1 Å². The van der Waals surface area contributed by atoms with E-state index >= 15 is 0 Å². The van der Waals surface area contributed by atoms with Crippen molar-refractivity contribution in [3.8, 4) is 16.9 Å². The zero-order valence-corrected chi connectivity index (χ0v) is 21.5. The van der Waals surface area contributed by atoms with Crippen LogP contribution in [0.25, 0.3) is 16.9 Å². The third-order valence-electron chi connectivity index (χ3n) is 6.05. The molecule has 4 aromatic rings. The van der Waals surface area contributed by atoms with Gasteiger partial charge in [0.25, 0.3) is 11.8 Å². The number of anilines is 1. The minimum atomic E-state index is -0.552. The van der Waals surface area contributed by atoms with E-state index in [4.69, 9.17) is 27.9 Å². The van der Waals surface area contributed by atoms with E-state index in [0.717, 1.165) is 19.0 Å². The highest BCUT2D eigenvalue weighted by molar-refractivity contribution is 6.38. The molecular formula is C27H22Cl2FN5O3. The Bertz CT molecular complexity index is 1470. The van der Waals surface area contributed by atoms with Crippen LogP contribution in [0.5, 0.6) is 0 Å². The molecule has 0 spiro atoms. The predicted octanol–water partition coefficient (Wildman–Crippen LogP) is 5.54. The van der Waals surface area contributed by atoms with Gasteiger partial charge in [-0.1, -0.05) is 41.4 Å². The number of amides is 2. The van der Waals surface area contributed by atoms with E-state index in [9.17, 15) is 14.0 Å². The van der Waals surface area contributed by atoms with Gasteiger partial charge in [0.15, 0.2) is 5.69 Å². The monoisotopic (exact) mass is 553 g/mol. The Labute approximate surface area is 227 Å². The summed E-state index contributed by atoms with van der Waals surface area (Å²) in [5.74, 6) is -1.13. The van der Waals surface area contributed by atoms with Crippen LogP contribution in [0.2, 0.25) is 10.0 Å². The fourth-order valence-corrected chi connectivity index (χ4v) is 4.65. The van der Waals surface area contributed by atoms with Crippen molar-refractivity contribution in [1.29, 1.82) is 0 Å². The van der Waals surface area contributed by atoms with Crippen molar-refractivity contribution in [3.63, 3.8) is 0 Å². The highest BCUT2D eigenvalue weighted by Crippen LogP contribution is 2.32. The largest absolute Gasteiger partial charge is 0.381 e. The molecule has 1 saturated heterocycles. The number of hydrogen-bond donors (Lipinski definition) is 2. The van der Waals surface area contributed by atoms with Gasteiger partial charge in [-0.15, -0.1) is 0 Å². The molecule has 0 unspecified atom stereocenters. The van der Waals surface area contributed by atoms with E-state index < -0.39 is 11.7 Å². The van der Waals surface area contributed by atoms with Crippen molar-refractivity contribution in [2.75, 3.05) is 18.5 Å². The van der Waals surface area contributed by atoms with Crippen molar-refractivity contribution in [2.45, 2.75) is 18.9 Å². The molecule has 2 N–H and O–H groups in total. The van der Waals surface area contributed by atoms with Crippen molar-refractivity contribution in [2.24, 2.45) is 0 Å². The lowest BCUT2D eigenvalue weighted by Crippen LogP contribution is -2.39. The zero-order chi connectivity index (χ0) is 26.6. The predicted molar refractivity (Wildman–Crippen MR) is 142 cm³/mol. The number of hydrogen-bond acceptors (Lipinski definition) is 5. The average Bonchev–Trinajstić information content (AvgIpc) is 3.34. The maximum absolute atomic E-state index is 13.4. The van der Waals surface area contributed by atoms with Gasteiger partial charge in [-0.3, -0.25) is 14.6 Å². The van der Waals surface area contributed by atoms with Gasteiger partial charge in [0.1, 0.15) is 11.6 Å². The summed E-state index contributed by atoms with van der Waals surface area (Å²) in [5, 5.41) is 10.6. The summed E-state index contributed by atoms with van der Waals surface area (Å²) in [6.07, 6.45) is 2.50. The molecule has 1 aliphatic rings. The summed E-state index contributed by atoms with van der Waals surface area (Å²) >= 11 is 12.7. The Balaban J connectivity index is 1.46. The van der Waals surface area contributed by atoms with E-state index in [1.54, 1.807) is 12.1 Å². The number of carbonyl (C=O) groups excluding carboxylic acids is 2. The molecule has 2 aromatic heterocycles. The van der Waals surface area contributed by atoms with E-state index in [1.807, 2.05) is 18.2 Å². The van der Waals surface area contributed by atoms with Gasteiger partial charge in [0.2, 0.25) is 0 Å². The third kappa shape index (κ3) is 5.70. The average molecular weight is 554 g/mol. The molecule has 0 radical (unpaired) electrons. The van der Waals surface area contributed by atoms with Crippen LogP contribution in [0.3, 0.4) is 0 Å². The number of benzene rings is 2. The van der Waals surface area contributed by atoms with Gasteiger partial charge in [-0.2, -0.15) is 5.10 Å². The number of halogens is 3. The molecule has 0 aliphatic carbocycles. The Morgan fingerprint density at radius 3 is 2.45 bits per heavy atom. The lowest BCUT2D eigenvalue weighted by Gasteiger charge is -2.22. The van der Waals surface area contributed by atoms with Gasteiger partial charge < -0.3 is 15.4 Å². The van der Waals surface area contributed by atoms with Crippen LogP contribution >= 0.6 is 23.2 Å². The van der Waals surface area contributed by atoms with E-state index in [1.165, 1.54) is 35.0 Å². The van der Waals surface area contributed by atoms with Crippen LogP contribution in [0, 0.1) is 5.82 Å². The van der Waals surface area contributed by atoms with Crippen molar-refractivity contribution in [3.05, 3.63) is 94.0 Å². The molecule has 1 aliphatic heterocycles. The van der Waals surface area contributed by atoms with E-state index in [0.29, 0.717) is 30.2 Å². The van der Waals surface area contributed by atoms with Crippen molar-refractivity contribution in [1.82, 2.24) is 20.1 Å². The van der Waals surface area contributed by atoms with Crippen LogP contribution in [0.15, 0.2) is 66.9 Å². The number of nitrogens with zero attached hydrogens (tertiary/aromatic N) is 3. The fraction of sp³-hybridized carbons (Fsp3) is 0.185. The molecule has 2 amide bonds. The van der Waals surface area contributed by atoms with Crippen LogP contribution in [-0.2, 0) is 4.74 Å². The lowest BCUT2D eigenvalue weighted by molar-refractivity contribution is 0.0694. The summed E-state index contributed by atoms with van der Waals surface area (Å²) in [6.45, 7) is 1.17. The van der Waals surface area contributed by atoms with Crippen molar-refractivity contribution < 1.29 is 18.7 Å². The molecule has 5 rings (SSSR count). The summed E-state index contributed by atoms with van der Waals surface area (Å²) < 4.78 is 20.2. The summed E-state index contributed by atoms with van der Waals surface area (Å²) in [4.78, 5) is 30.4. The van der Waals surface area contributed by atoms with Crippen molar-refractivity contribution >= 4 is 40.8 Å². The van der Waals surface area contributed by atoms with Gasteiger partial charge in [-0.05, 0) is 49.2 Å². The third-order valence-corrected chi connectivity index (χ3v) is 6.67. The molecule has 11 heteroatoms. The molecule has 38 heavy (non-hydrogen) atoms. The fourth-order valence-electron chi connectivity index (χ4n) is 4.09. The Hall–Kier alpha value is -3.79. The van der Waals surface area contributed by atoms with Gasteiger partial charge >= 0.3 is 0 Å². The minimum Gasteiger partial charge on any atom is -0.381 e. The quantitative estimate of drug-likeness (QED) is 0.326. The smallest absolute Gasteiger partial charge is 0.272 e. The van der Waals surface area contributed by atoms with Gasteiger partial charge in [0, 0.05) is 30.9 Å². The van der Waals surface area contributed by atoms with E-state index in [-0.39, 0.29) is 39.1 Å². The second-order valence-corrected chi connectivity index (χ2v) is 9.46. The number of carbonyl (C=O) groups is 2. The Morgan fingerprint density at radius 2 is 1.74 bits per heavy atom. The second kappa shape index (κ2) is 11.3. The number of nitrogens with one attached hydrogen (secondary N) is 2. The number of para-hydroxylation sites is 1. The minimum absolute atomic E-state index is 0.0115. The standard InChI is InChI=1S/C27H22Cl2FN5O3/c28-21-13-22(29)20(12-19(21)23-7-6-16(30)15-31-23)26(36)33-25-14-24(27(37)32-17-8-10-38-11-9-17)34-35(25)18-4-2-1-3-5-18/h1-7,12-15,17H,8-11H2,(H,32,37)(H,33,36). The molecule has 194 valence electrons. The number of aromatic nitrogens is 3. The Kier molecular flexibility index (Phi) is 7.69. The van der Waals surface area contributed by atoms with E-state index in [2.05, 4.69) is 20.7 Å². The van der Waals surface area contributed by atoms with Gasteiger partial charge in [-0.25, -0.2) is 9.07 Å². The highest BCUT2D eigenvalue weighted by atomic mass is 35.5. The summed E-state index contributed by atoms with van der Waals surface area (Å²) in [5.41, 5.74) is 1.70. The molecule has 8 nitrogen and oxygen atoms in total. The SMILES string of the molecule is O=C(NC1CCOCC1)c1cc(NC(=O)c2cc(-c3ccc(F)cn3)c(Cl)cc2Cl)n(-c2ccccc2)n1. The first kappa shape index (κ1) is 25.8. The van der Waals surface area contributed by atoms with Crippen LogP contribution in [0.1, 0.15) is 33.7 Å². The molecule has 0 saturated carbocycles. The number of pyridine rings is 1. The molecule has 0 atom stereocenters. The Morgan fingerprint density at radius 1 is 0.974 bits per heavy atom. The lowest BCUT2D eigenvalue weighted by atomic mass is 10.1. The maximum atomic E-state index is 13.4. The normalized spacial score (nSPS) is 13.8. The second-order valence-electron chi connectivity index (χ2n) is 8.65. The highest BCUT2D eigenvalue weighted by Gasteiger charge is 2.23. The first-order valence-electron chi connectivity index (χ1n) is 11.9.